The lowest BCUT2D eigenvalue weighted by Crippen LogP contribution is -2.44. The minimum Gasteiger partial charge on any atom is -0.480 e. The summed E-state index contributed by atoms with van der Waals surface area (Å²) in [5, 5.41) is 11.3. The van der Waals surface area contributed by atoms with Crippen molar-refractivity contribution < 1.29 is 9.53 Å². The molecule has 0 unspecified atom stereocenters. The maximum atomic E-state index is 12.7. The number of nitrogens with one attached hydrogen (secondary N) is 1. The van der Waals surface area contributed by atoms with E-state index in [9.17, 15) is 4.79 Å². The van der Waals surface area contributed by atoms with Crippen molar-refractivity contribution in [2.75, 3.05) is 25.1 Å². The van der Waals surface area contributed by atoms with E-state index in [1.165, 1.54) is 0 Å². The van der Waals surface area contributed by atoms with Crippen molar-refractivity contribution in [3.05, 3.63) is 48.0 Å². The van der Waals surface area contributed by atoms with Gasteiger partial charge in [-0.2, -0.15) is 0 Å². The number of carbonyl (C=O) groups is 1. The molecule has 0 saturated carbocycles. The van der Waals surface area contributed by atoms with Crippen LogP contribution in [0.25, 0.3) is 0 Å². The van der Waals surface area contributed by atoms with Crippen molar-refractivity contribution >= 4 is 11.7 Å². The van der Waals surface area contributed by atoms with Gasteiger partial charge in [0.25, 0.3) is 0 Å². The predicted octanol–water partition coefficient (Wildman–Crippen LogP) is 2.58. The highest BCUT2D eigenvalue weighted by molar-refractivity contribution is 5.80. The van der Waals surface area contributed by atoms with Crippen molar-refractivity contribution in [3.8, 4) is 5.88 Å². The number of hydrogen-bond acceptors (Lipinski definition) is 5. The average Bonchev–Trinajstić information content (AvgIpc) is 2.68. The number of benzene rings is 1. The largest absolute Gasteiger partial charge is 0.480 e. The van der Waals surface area contributed by atoms with Crippen molar-refractivity contribution in [2.45, 2.75) is 25.8 Å². The number of carbonyl (C=O) groups excluding carboxylic acids is 1. The van der Waals surface area contributed by atoms with Crippen molar-refractivity contribution in [2.24, 2.45) is 5.92 Å². The first kappa shape index (κ1) is 17.2. The van der Waals surface area contributed by atoms with Crippen LogP contribution >= 0.6 is 0 Å². The molecule has 1 N–H and O–H groups in total. The molecule has 1 aliphatic rings. The summed E-state index contributed by atoms with van der Waals surface area (Å²) in [4.78, 5) is 14.8. The van der Waals surface area contributed by atoms with Gasteiger partial charge in [-0.05, 0) is 31.4 Å². The topological polar surface area (TPSA) is 67.3 Å². The minimum absolute atomic E-state index is 0.00450. The third-order valence-corrected chi connectivity index (χ3v) is 4.61. The minimum atomic E-state index is -0.0381. The second-order valence-electron chi connectivity index (χ2n) is 6.36. The molecule has 0 radical (unpaired) electrons. The van der Waals surface area contributed by atoms with Gasteiger partial charge in [0, 0.05) is 19.2 Å². The van der Waals surface area contributed by atoms with Crippen molar-refractivity contribution in [3.63, 3.8) is 0 Å². The van der Waals surface area contributed by atoms with E-state index < -0.39 is 0 Å². The highest BCUT2D eigenvalue weighted by Crippen LogP contribution is 2.23. The Morgan fingerprint density at radius 2 is 2.04 bits per heavy atom. The molecule has 25 heavy (non-hydrogen) atoms. The third kappa shape index (κ3) is 4.26. The van der Waals surface area contributed by atoms with E-state index in [1.807, 2.05) is 43.3 Å². The Balaban J connectivity index is 1.61. The van der Waals surface area contributed by atoms with Crippen LogP contribution in [0.4, 0.5) is 5.82 Å². The highest BCUT2D eigenvalue weighted by atomic mass is 16.5. The van der Waals surface area contributed by atoms with Crippen molar-refractivity contribution in [1.29, 1.82) is 0 Å². The van der Waals surface area contributed by atoms with E-state index in [2.05, 4.69) is 20.4 Å². The molecule has 1 fully saturated rings. The normalized spacial score (nSPS) is 18.5. The van der Waals surface area contributed by atoms with Crippen LogP contribution in [-0.2, 0) is 4.79 Å². The Bertz CT molecular complexity index is 690. The number of piperidine rings is 1. The molecule has 1 aromatic heterocycles. The van der Waals surface area contributed by atoms with E-state index >= 15 is 0 Å². The molecule has 1 aliphatic heterocycles. The molecule has 132 valence electrons. The number of aromatic nitrogens is 2. The standard InChI is InChI=1S/C19H24N4O2/c1-14(15-7-4-3-5-8-15)20-19(24)16-9-6-12-23(13-16)17-10-11-18(25-2)22-21-17/h3-5,7-8,10-11,14,16H,6,9,12-13H2,1-2H3,(H,20,24)/t14-,16-/m1/s1. The Hall–Kier alpha value is -2.63. The van der Waals surface area contributed by atoms with Gasteiger partial charge in [0.15, 0.2) is 5.82 Å². The first-order valence-corrected chi connectivity index (χ1v) is 8.65. The Morgan fingerprint density at radius 1 is 1.24 bits per heavy atom. The molecular formula is C19H24N4O2. The molecule has 1 amide bonds. The monoisotopic (exact) mass is 340 g/mol. The van der Waals surface area contributed by atoms with Gasteiger partial charge in [0.2, 0.25) is 11.8 Å². The zero-order valence-electron chi connectivity index (χ0n) is 14.7. The molecule has 2 atom stereocenters. The van der Waals surface area contributed by atoms with Gasteiger partial charge in [0.1, 0.15) is 0 Å². The number of hydrogen-bond donors (Lipinski definition) is 1. The summed E-state index contributed by atoms with van der Waals surface area (Å²) < 4.78 is 5.05. The third-order valence-electron chi connectivity index (χ3n) is 4.61. The van der Waals surface area contributed by atoms with Gasteiger partial charge in [-0.15, -0.1) is 10.2 Å². The molecule has 2 aromatic rings. The zero-order valence-corrected chi connectivity index (χ0v) is 14.7. The van der Waals surface area contributed by atoms with E-state index in [0.29, 0.717) is 12.4 Å². The molecule has 2 heterocycles. The molecule has 0 aliphatic carbocycles. The first-order valence-electron chi connectivity index (χ1n) is 8.65. The maximum Gasteiger partial charge on any atom is 0.233 e. The van der Waals surface area contributed by atoms with E-state index in [4.69, 9.17) is 4.74 Å². The van der Waals surface area contributed by atoms with Gasteiger partial charge in [-0.1, -0.05) is 30.3 Å². The SMILES string of the molecule is COc1ccc(N2CCC[C@@H](C(=O)N[C@H](C)c3ccccc3)C2)nn1. The smallest absolute Gasteiger partial charge is 0.233 e. The van der Waals surface area contributed by atoms with Gasteiger partial charge in [-0.3, -0.25) is 4.79 Å². The fraction of sp³-hybridized carbons (Fsp3) is 0.421. The number of nitrogens with zero attached hydrogens (tertiary/aromatic N) is 3. The summed E-state index contributed by atoms with van der Waals surface area (Å²) in [6, 6.07) is 13.7. The van der Waals surface area contributed by atoms with Crippen LogP contribution < -0.4 is 15.0 Å². The summed E-state index contributed by atoms with van der Waals surface area (Å²) in [5.41, 5.74) is 1.12. The lowest BCUT2D eigenvalue weighted by Gasteiger charge is -2.33. The molecule has 0 bridgehead atoms. The molecule has 6 heteroatoms. The Morgan fingerprint density at radius 3 is 2.72 bits per heavy atom. The molecule has 1 saturated heterocycles. The van der Waals surface area contributed by atoms with Gasteiger partial charge < -0.3 is 15.0 Å². The van der Waals surface area contributed by atoms with E-state index in [0.717, 1.165) is 30.8 Å². The van der Waals surface area contributed by atoms with Crippen LogP contribution in [0.2, 0.25) is 0 Å². The van der Waals surface area contributed by atoms with Crippen molar-refractivity contribution in [1.82, 2.24) is 15.5 Å². The number of anilines is 1. The molecular weight excluding hydrogens is 316 g/mol. The summed E-state index contributed by atoms with van der Waals surface area (Å²) in [6.45, 7) is 3.57. The van der Waals surface area contributed by atoms with E-state index in [1.54, 1.807) is 13.2 Å². The number of amides is 1. The van der Waals surface area contributed by atoms with Crippen LogP contribution in [0.3, 0.4) is 0 Å². The summed E-state index contributed by atoms with van der Waals surface area (Å²) in [7, 11) is 1.57. The van der Waals surface area contributed by atoms with Crippen LogP contribution in [0.15, 0.2) is 42.5 Å². The molecule has 0 spiro atoms. The maximum absolute atomic E-state index is 12.7. The van der Waals surface area contributed by atoms with Crippen LogP contribution in [0, 0.1) is 5.92 Å². The summed E-state index contributed by atoms with van der Waals surface area (Å²) in [6.07, 6.45) is 1.86. The first-order chi connectivity index (χ1) is 12.2. The lowest BCUT2D eigenvalue weighted by molar-refractivity contribution is -0.125. The summed E-state index contributed by atoms with van der Waals surface area (Å²) in [5.74, 6) is 1.34. The van der Waals surface area contributed by atoms with Crippen LogP contribution in [0.1, 0.15) is 31.4 Å². The molecule has 6 nitrogen and oxygen atoms in total. The Kier molecular flexibility index (Phi) is 5.48. The van der Waals surface area contributed by atoms with Gasteiger partial charge >= 0.3 is 0 Å². The molecule has 1 aromatic carbocycles. The lowest BCUT2D eigenvalue weighted by atomic mass is 9.96. The second-order valence-corrected chi connectivity index (χ2v) is 6.36. The number of ether oxygens (including phenoxy) is 1. The van der Waals surface area contributed by atoms with E-state index in [-0.39, 0.29) is 17.9 Å². The molecule has 3 rings (SSSR count). The highest BCUT2D eigenvalue weighted by Gasteiger charge is 2.27. The number of methoxy groups -OCH3 is 1. The Labute approximate surface area is 148 Å². The zero-order chi connectivity index (χ0) is 17.6. The fourth-order valence-electron chi connectivity index (χ4n) is 3.15. The van der Waals surface area contributed by atoms with Gasteiger partial charge in [0.05, 0.1) is 19.1 Å². The average molecular weight is 340 g/mol. The quantitative estimate of drug-likeness (QED) is 0.906. The number of rotatable bonds is 5. The summed E-state index contributed by atoms with van der Waals surface area (Å²) >= 11 is 0. The van der Waals surface area contributed by atoms with Gasteiger partial charge in [-0.25, -0.2) is 0 Å². The predicted molar refractivity (Wildman–Crippen MR) is 96.5 cm³/mol. The second kappa shape index (κ2) is 7.96. The van der Waals surface area contributed by atoms with Crippen LogP contribution in [-0.4, -0.2) is 36.3 Å². The fourth-order valence-corrected chi connectivity index (χ4v) is 3.15. The van der Waals surface area contributed by atoms with Crippen LogP contribution in [0.5, 0.6) is 5.88 Å².